The first-order valence-electron chi connectivity index (χ1n) is 10.9. The fraction of sp³-hybridized carbons (Fsp3) is 0.571. The van der Waals surface area contributed by atoms with Crippen molar-refractivity contribution in [3.8, 4) is 0 Å². The van der Waals surface area contributed by atoms with Crippen molar-refractivity contribution in [3.05, 3.63) is 46.0 Å². The Labute approximate surface area is 174 Å². The molecule has 158 valence electrons. The maximum absolute atomic E-state index is 12.9. The molecule has 2 unspecified atom stereocenters. The number of aryl methyl sites for hydroxylation is 1. The van der Waals surface area contributed by atoms with E-state index in [-0.39, 0.29) is 23.4 Å². The van der Waals surface area contributed by atoms with Crippen molar-refractivity contribution in [2.24, 2.45) is 0 Å². The first kappa shape index (κ1) is 19.0. The van der Waals surface area contributed by atoms with Crippen LogP contribution < -0.4 is 5.56 Å². The van der Waals surface area contributed by atoms with Crippen LogP contribution in [0.1, 0.15) is 67.9 Å². The minimum absolute atomic E-state index is 0.0254. The summed E-state index contributed by atoms with van der Waals surface area (Å²) in [6.07, 6.45) is 9.32. The van der Waals surface area contributed by atoms with Gasteiger partial charge in [-0.05, 0) is 45.4 Å². The number of H-pyrrole nitrogens is 1. The smallest absolute Gasteiger partial charge is 0.276 e. The Morgan fingerprint density at radius 3 is 3.00 bits per heavy atom. The first-order valence-corrected chi connectivity index (χ1v) is 10.9. The molecule has 0 radical (unpaired) electrons. The first-order chi connectivity index (χ1) is 14.6. The van der Waals surface area contributed by atoms with Gasteiger partial charge in [-0.15, -0.1) is 0 Å². The van der Waals surface area contributed by atoms with E-state index in [1.807, 2.05) is 17.9 Å². The molecular weight excluding hydrogens is 382 g/mol. The molecular formula is C21H27N7O2. The van der Waals surface area contributed by atoms with E-state index in [9.17, 15) is 9.59 Å². The third kappa shape index (κ3) is 3.42. The number of likely N-dealkylation sites (tertiary alicyclic amines) is 1. The molecule has 1 aliphatic heterocycles. The van der Waals surface area contributed by atoms with Crippen molar-refractivity contribution in [1.82, 2.24) is 34.3 Å². The van der Waals surface area contributed by atoms with Gasteiger partial charge in [0.1, 0.15) is 12.7 Å². The zero-order valence-corrected chi connectivity index (χ0v) is 17.3. The predicted molar refractivity (Wildman–Crippen MR) is 110 cm³/mol. The van der Waals surface area contributed by atoms with Gasteiger partial charge in [0.2, 0.25) is 5.91 Å². The van der Waals surface area contributed by atoms with Gasteiger partial charge in [0.15, 0.2) is 5.65 Å². The number of aromatic nitrogens is 6. The number of nitrogens with one attached hydrogen (secondary N) is 1. The SMILES string of the molecule is CC(CC(=O)N1CCCC(c2cc3nc4c(c(=O)n3[nH]2)CCCC4)C1)n1cncn1. The van der Waals surface area contributed by atoms with Crippen molar-refractivity contribution >= 4 is 11.6 Å². The average Bonchev–Trinajstić information content (AvgIpc) is 3.44. The maximum Gasteiger partial charge on any atom is 0.276 e. The van der Waals surface area contributed by atoms with Gasteiger partial charge < -0.3 is 4.90 Å². The highest BCUT2D eigenvalue weighted by Crippen LogP contribution is 2.28. The van der Waals surface area contributed by atoms with Crippen molar-refractivity contribution in [2.45, 2.75) is 63.8 Å². The molecule has 1 N–H and O–H groups in total. The van der Waals surface area contributed by atoms with Crippen molar-refractivity contribution < 1.29 is 4.79 Å². The maximum atomic E-state index is 12.9. The molecule has 1 fully saturated rings. The number of piperidine rings is 1. The molecule has 3 aromatic heterocycles. The van der Waals surface area contributed by atoms with E-state index in [0.29, 0.717) is 18.6 Å². The van der Waals surface area contributed by atoms with Crippen LogP contribution in [0.4, 0.5) is 0 Å². The molecule has 1 amide bonds. The van der Waals surface area contributed by atoms with Gasteiger partial charge in [0.05, 0.1) is 11.7 Å². The molecule has 1 aliphatic carbocycles. The van der Waals surface area contributed by atoms with Crippen LogP contribution in [0.2, 0.25) is 0 Å². The number of amides is 1. The second-order valence-electron chi connectivity index (χ2n) is 8.56. The number of hydrogen-bond acceptors (Lipinski definition) is 5. The van der Waals surface area contributed by atoms with E-state index in [2.05, 4.69) is 15.2 Å². The van der Waals surface area contributed by atoms with Crippen molar-refractivity contribution in [2.75, 3.05) is 13.1 Å². The zero-order valence-electron chi connectivity index (χ0n) is 17.3. The molecule has 0 bridgehead atoms. The molecule has 3 aromatic rings. The molecule has 0 saturated carbocycles. The summed E-state index contributed by atoms with van der Waals surface area (Å²) in [5.41, 5.74) is 3.53. The lowest BCUT2D eigenvalue weighted by Crippen LogP contribution is -2.40. The van der Waals surface area contributed by atoms with Crippen LogP contribution in [-0.4, -0.2) is 53.3 Å². The number of carbonyl (C=O) groups is 1. The predicted octanol–water partition coefficient (Wildman–Crippen LogP) is 1.85. The summed E-state index contributed by atoms with van der Waals surface area (Å²) in [5.74, 6) is 0.312. The molecule has 2 atom stereocenters. The van der Waals surface area contributed by atoms with E-state index < -0.39 is 0 Å². The fourth-order valence-corrected chi connectivity index (χ4v) is 4.76. The van der Waals surface area contributed by atoms with Gasteiger partial charge in [-0.3, -0.25) is 14.7 Å². The quantitative estimate of drug-likeness (QED) is 0.709. The molecule has 4 heterocycles. The summed E-state index contributed by atoms with van der Waals surface area (Å²) in [7, 11) is 0. The fourth-order valence-electron chi connectivity index (χ4n) is 4.76. The summed E-state index contributed by atoms with van der Waals surface area (Å²) < 4.78 is 3.31. The van der Waals surface area contributed by atoms with Gasteiger partial charge in [0, 0.05) is 42.8 Å². The molecule has 9 heteroatoms. The summed E-state index contributed by atoms with van der Waals surface area (Å²) >= 11 is 0. The van der Waals surface area contributed by atoms with Crippen LogP contribution >= 0.6 is 0 Å². The lowest BCUT2D eigenvalue weighted by molar-refractivity contribution is -0.133. The minimum atomic E-state index is -0.0254. The Balaban J connectivity index is 1.34. The molecule has 1 saturated heterocycles. The third-order valence-corrected chi connectivity index (χ3v) is 6.48. The largest absolute Gasteiger partial charge is 0.342 e. The lowest BCUT2D eigenvalue weighted by Gasteiger charge is -2.33. The van der Waals surface area contributed by atoms with Crippen LogP contribution in [0, 0.1) is 0 Å². The highest BCUT2D eigenvalue weighted by molar-refractivity contribution is 5.76. The van der Waals surface area contributed by atoms with Gasteiger partial charge >= 0.3 is 0 Å². The second kappa shape index (κ2) is 7.70. The number of aromatic amines is 1. The molecule has 2 aliphatic rings. The zero-order chi connectivity index (χ0) is 20.7. The van der Waals surface area contributed by atoms with E-state index in [1.165, 1.54) is 6.33 Å². The summed E-state index contributed by atoms with van der Waals surface area (Å²) in [4.78, 5) is 36.4. The highest BCUT2D eigenvalue weighted by atomic mass is 16.2. The van der Waals surface area contributed by atoms with E-state index in [0.717, 1.165) is 62.0 Å². The highest BCUT2D eigenvalue weighted by Gasteiger charge is 2.28. The normalized spacial score (nSPS) is 20.3. The van der Waals surface area contributed by atoms with Gasteiger partial charge in [-0.25, -0.2) is 19.2 Å². The Bertz CT molecular complexity index is 1110. The molecule has 0 aromatic carbocycles. The van der Waals surface area contributed by atoms with Gasteiger partial charge in [0.25, 0.3) is 5.56 Å². The topological polar surface area (TPSA) is 101 Å². The van der Waals surface area contributed by atoms with Crippen LogP contribution in [-0.2, 0) is 17.6 Å². The number of nitrogens with zero attached hydrogens (tertiary/aromatic N) is 6. The number of rotatable bonds is 4. The van der Waals surface area contributed by atoms with Crippen LogP contribution in [0.15, 0.2) is 23.5 Å². The molecule has 0 spiro atoms. The van der Waals surface area contributed by atoms with E-state index in [4.69, 9.17) is 4.98 Å². The van der Waals surface area contributed by atoms with Crippen molar-refractivity contribution in [3.63, 3.8) is 0 Å². The van der Waals surface area contributed by atoms with Crippen molar-refractivity contribution in [1.29, 1.82) is 0 Å². The standard InChI is InChI=1S/C21H27N7O2/c1-14(27-13-22-12-23-27)9-20(29)26-8-4-5-15(11-26)18-10-19-24-17-7-3-2-6-16(17)21(30)28(19)25-18/h10,12-15,25H,2-9,11H2,1H3. The van der Waals surface area contributed by atoms with Crippen LogP contribution in [0.5, 0.6) is 0 Å². The van der Waals surface area contributed by atoms with Crippen LogP contribution in [0.3, 0.4) is 0 Å². The summed E-state index contributed by atoms with van der Waals surface area (Å²) in [6, 6.07) is 1.97. The lowest BCUT2D eigenvalue weighted by atomic mass is 9.94. The Kier molecular flexibility index (Phi) is 4.88. The molecule has 30 heavy (non-hydrogen) atoms. The Hall–Kier alpha value is -2.97. The molecule has 9 nitrogen and oxygen atoms in total. The van der Waals surface area contributed by atoms with Gasteiger partial charge in [-0.2, -0.15) is 5.10 Å². The average molecular weight is 409 g/mol. The summed E-state index contributed by atoms with van der Waals surface area (Å²) in [6.45, 7) is 3.40. The minimum Gasteiger partial charge on any atom is -0.342 e. The van der Waals surface area contributed by atoms with E-state index in [1.54, 1.807) is 15.5 Å². The van der Waals surface area contributed by atoms with Gasteiger partial charge in [-0.1, -0.05) is 0 Å². The summed E-state index contributed by atoms with van der Waals surface area (Å²) in [5, 5.41) is 7.42. The number of fused-ring (bicyclic) bond motifs is 2. The van der Waals surface area contributed by atoms with E-state index >= 15 is 0 Å². The second-order valence-corrected chi connectivity index (χ2v) is 8.56. The molecule has 5 rings (SSSR count). The number of carbonyl (C=O) groups excluding carboxylic acids is 1. The Morgan fingerprint density at radius 2 is 2.17 bits per heavy atom. The monoisotopic (exact) mass is 409 g/mol. The Morgan fingerprint density at radius 1 is 1.30 bits per heavy atom. The third-order valence-electron chi connectivity index (χ3n) is 6.48. The number of hydrogen-bond donors (Lipinski definition) is 1. The van der Waals surface area contributed by atoms with Crippen LogP contribution in [0.25, 0.3) is 5.65 Å².